The molecule has 0 atom stereocenters. The van der Waals surface area contributed by atoms with E-state index in [1.165, 1.54) is 37.1 Å². The Morgan fingerprint density at radius 1 is 1.11 bits per heavy atom. The number of rotatable bonds is 8. The van der Waals surface area contributed by atoms with Crippen LogP contribution < -0.4 is 5.32 Å². The second kappa shape index (κ2) is 8.06. The van der Waals surface area contributed by atoms with Gasteiger partial charge in [0, 0.05) is 9.75 Å². The van der Waals surface area contributed by atoms with Gasteiger partial charge in [-0.05, 0) is 55.8 Å². The van der Waals surface area contributed by atoms with Gasteiger partial charge in [-0.2, -0.15) is 0 Å². The lowest BCUT2D eigenvalue weighted by molar-refractivity contribution is 0.530. The van der Waals surface area contributed by atoms with Crippen molar-refractivity contribution in [2.75, 3.05) is 13.1 Å². The summed E-state index contributed by atoms with van der Waals surface area (Å²) in [4.78, 5) is 3.07. The monoisotopic (exact) mass is 281 g/mol. The molecule has 110 valence electrons. The SMILES string of the molecule is CC(C)CNCCCCCc1ccc(C(C)(C)C)s1. The molecule has 0 aliphatic heterocycles. The highest BCUT2D eigenvalue weighted by molar-refractivity contribution is 7.12. The molecule has 0 unspecified atom stereocenters. The minimum Gasteiger partial charge on any atom is -0.316 e. The Labute approximate surface area is 123 Å². The predicted octanol–water partition coefficient (Wildman–Crippen LogP) is 5.00. The molecule has 0 fully saturated rings. The Bertz CT molecular complexity index is 346. The van der Waals surface area contributed by atoms with Gasteiger partial charge in [0.15, 0.2) is 0 Å². The van der Waals surface area contributed by atoms with Gasteiger partial charge in [-0.15, -0.1) is 11.3 Å². The number of unbranched alkanes of at least 4 members (excludes halogenated alkanes) is 2. The number of hydrogen-bond donors (Lipinski definition) is 1. The maximum atomic E-state index is 3.51. The molecule has 1 aromatic heterocycles. The van der Waals surface area contributed by atoms with E-state index >= 15 is 0 Å². The Morgan fingerprint density at radius 2 is 1.84 bits per heavy atom. The third-order valence-electron chi connectivity index (χ3n) is 3.23. The van der Waals surface area contributed by atoms with Crippen LogP contribution >= 0.6 is 11.3 Å². The largest absolute Gasteiger partial charge is 0.316 e. The van der Waals surface area contributed by atoms with Crippen LogP contribution in [0.5, 0.6) is 0 Å². The van der Waals surface area contributed by atoms with Crippen molar-refractivity contribution < 1.29 is 0 Å². The first-order valence-electron chi connectivity index (χ1n) is 7.69. The van der Waals surface area contributed by atoms with Crippen molar-refractivity contribution in [1.29, 1.82) is 0 Å². The molecule has 1 rings (SSSR count). The second-order valence-electron chi connectivity index (χ2n) is 6.92. The zero-order valence-electron chi connectivity index (χ0n) is 13.4. The van der Waals surface area contributed by atoms with Gasteiger partial charge in [0.2, 0.25) is 0 Å². The molecule has 0 aliphatic rings. The minimum absolute atomic E-state index is 0.309. The summed E-state index contributed by atoms with van der Waals surface area (Å²) in [5.41, 5.74) is 0.309. The average Bonchev–Trinajstić information content (AvgIpc) is 2.75. The highest BCUT2D eigenvalue weighted by Gasteiger charge is 2.15. The average molecular weight is 282 g/mol. The van der Waals surface area contributed by atoms with Crippen molar-refractivity contribution in [2.24, 2.45) is 5.92 Å². The standard InChI is InChI=1S/C17H31NS/c1-14(2)13-18-12-8-6-7-9-15-10-11-16(19-15)17(3,4)5/h10-11,14,18H,6-9,12-13H2,1-5H3. The lowest BCUT2D eigenvalue weighted by atomic mass is 9.95. The van der Waals surface area contributed by atoms with Crippen LogP contribution in [-0.4, -0.2) is 13.1 Å². The summed E-state index contributed by atoms with van der Waals surface area (Å²) < 4.78 is 0. The van der Waals surface area contributed by atoms with E-state index in [4.69, 9.17) is 0 Å². The fourth-order valence-electron chi connectivity index (χ4n) is 2.03. The highest BCUT2D eigenvalue weighted by Crippen LogP contribution is 2.30. The van der Waals surface area contributed by atoms with E-state index in [0.717, 1.165) is 12.5 Å². The summed E-state index contributed by atoms with van der Waals surface area (Å²) in [7, 11) is 0. The Hall–Kier alpha value is -0.340. The van der Waals surface area contributed by atoms with Crippen LogP contribution in [0.25, 0.3) is 0 Å². The highest BCUT2D eigenvalue weighted by atomic mass is 32.1. The molecule has 2 heteroatoms. The maximum Gasteiger partial charge on any atom is 0.0102 e. The Morgan fingerprint density at radius 3 is 2.42 bits per heavy atom. The van der Waals surface area contributed by atoms with E-state index in [-0.39, 0.29) is 0 Å². The molecule has 0 aromatic carbocycles. The van der Waals surface area contributed by atoms with Crippen molar-refractivity contribution in [2.45, 2.75) is 65.7 Å². The van der Waals surface area contributed by atoms with Gasteiger partial charge < -0.3 is 5.32 Å². The fraction of sp³-hybridized carbons (Fsp3) is 0.765. The lowest BCUT2D eigenvalue weighted by Crippen LogP contribution is -2.20. The quantitative estimate of drug-likeness (QED) is 0.661. The van der Waals surface area contributed by atoms with Gasteiger partial charge in [0.05, 0.1) is 0 Å². The summed E-state index contributed by atoms with van der Waals surface area (Å²) in [6, 6.07) is 4.63. The van der Waals surface area contributed by atoms with Gasteiger partial charge >= 0.3 is 0 Å². The van der Waals surface area contributed by atoms with Crippen LogP contribution in [0.4, 0.5) is 0 Å². The van der Waals surface area contributed by atoms with Crippen molar-refractivity contribution in [1.82, 2.24) is 5.32 Å². The first-order valence-corrected chi connectivity index (χ1v) is 8.51. The zero-order valence-corrected chi connectivity index (χ0v) is 14.2. The van der Waals surface area contributed by atoms with Crippen molar-refractivity contribution in [3.8, 4) is 0 Å². The molecule has 0 saturated heterocycles. The van der Waals surface area contributed by atoms with E-state index in [1.807, 2.05) is 11.3 Å². The molecule has 1 heterocycles. The Kier molecular flexibility index (Phi) is 7.09. The van der Waals surface area contributed by atoms with Crippen molar-refractivity contribution in [3.63, 3.8) is 0 Å². The number of hydrogen-bond acceptors (Lipinski definition) is 2. The first-order chi connectivity index (χ1) is 8.89. The molecule has 1 nitrogen and oxygen atoms in total. The molecular formula is C17H31NS. The van der Waals surface area contributed by atoms with Crippen LogP contribution in [0.15, 0.2) is 12.1 Å². The van der Waals surface area contributed by atoms with E-state index < -0.39 is 0 Å². The first kappa shape index (κ1) is 16.7. The third-order valence-corrected chi connectivity index (χ3v) is 4.80. The maximum absolute atomic E-state index is 3.51. The zero-order chi connectivity index (χ0) is 14.3. The molecule has 19 heavy (non-hydrogen) atoms. The van der Waals surface area contributed by atoms with Crippen LogP contribution in [0.2, 0.25) is 0 Å². The van der Waals surface area contributed by atoms with Crippen LogP contribution in [-0.2, 0) is 11.8 Å². The summed E-state index contributed by atoms with van der Waals surface area (Å²) in [6.45, 7) is 13.7. The van der Waals surface area contributed by atoms with E-state index in [0.29, 0.717) is 5.41 Å². The predicted molar refractivity (Wildman–Crippen MR) is 88.3 cm³/mol. The summed E-state index contributed by atoms with van der Waals surface area (Å²) in [5, 5.41) is 3.51. The third kappa shape index (κ3) is 7.12. The fourth-order valence-corrected chi connectivity index (χ4v) is 3.14. The summed E-state index contributed by atoms with van der Waals surface area (Å²) >= 11 is 2.00. The van der Waals surface area contributed by atoms with Crippen LogP contribution in [0.1, 0.15) is 63.6 Å². The van der Waals surface area contributed by atoms with Gasteiger partial charge in [-0.3, -0.25) is 0 Å². The van der Waals surface area contributed by atoms with Crippen LogP contribution in [0.3, 0.4) is 0 Å². The van der Waals surface area contributed by atoms with E-state index in [1.54, 1.807) is 4.88 Å². The van der Waals surface area contributed by atoms with Crippen molar-refractivity contribution >= 4 is 11.3 Å². The van der Waals surface area contributed by atoms with Gasteiger partial charge in [-0.1, -0.05) is 41.0 Å². The van der Waals surface area contributed by atoms with Crippen LogP contribution in [0, 0.1) is 5.92 Å². The normalized spacial score (nSPS) is 12.3. The van der Waals surface area contributed by atoms with Crippen molar-refractivity contribution in [3.05, 3.63) is 21.9 Å². The molecule has 0 amide bonds. The summed E-state index contributed by atoms with van der Waals surface area (Å²) in [5.74, 6) is 0.766. The molecular weight excluding hydrogens is 250 g/mol. The Balaban J connectivity index is 2.11. The number of thiophene rings is 1. The second-order valence-corrected chi connectivity index (χ2v) is 8.09. The number of nitrogens with one attached hydrogen (secondary N) is 1. The minimum atomic E-state index is 0.309. The molecule has 1 N–H and O–H groups in total. The molecule has 1 aromatic rings. The molecule has 0 spiro atoms. The molecule has 0 aliphatic carbocycles. The lowest BCUT2D eigenvalue weighted by Gasteiger charge is -2.15. The van der Waals surface area contributed by atoms with Gasteiger partial charge in [0.25, 0.3) is 0 Å². The number of aryl methyl sites for hydroxylation is 1. The van der Waals surface area contributed by atoms with Gasteiger partial charge in [0.1, 0.15) is 0 Å². The smallest absolute Gasteiger partial charge is 0.0102 e. The van der Waals surface area contributed by atoms with E-state index in [9.17, 15) is 0 Å². The molecule has 0 saturated carbocycles. The summed E-state index contributed by atoms with van der Waals surface area (Å²) in [6.07, 6.45) is 5.23. The topological polar surface area (TPSA) is 12.0 Å². The van der Waals surface area contributed by atoms with E-state index in [2.05, 4.69) is 52.1 Å². The van der Waals surface area contributed by atoms with Gasteiger partial charge in [-0.25, -0.2) is 0 Å². The molecule has 0 bridgehead atoms. The molecule has 0 radical (unpaired) electrons.